The van der Waals surface area contributed by atoms with Crippen molar-refractivity contribution in [2.75, 3.05) is 37.7 Å². The van der Waals surface area contributed by atoms with Gasteiger partial charge in [0.2, 0.25) is 0 Å². The van der Waals surface area contributed by atoms with Gasteiger partial charge < -0.3 is 14.4 Å². The molecule has 2 saturated heterocycles. The number of hydrogen-bond donors (Lipinski definition) is 0. The van der Waals surface area contributed by atoms with Gasteiger partial charge in [-0.1, -0.05) is 6.07 Å². The van der Waals surface area contributed by atoms with Crippen LogP contribution >= 0.6 is 11.8 Å². The Kier molecular flexibility index (Phi) is 8.95. The van der Waals surface area contributed by atoms with Crippen LogP contribution in [0.25, 0.3) is 0 Å². The van der Waals surface area contributed by atoms with E-state index in [-0.39, 0.29) is 24.2 Å². The zero-order valence-corrected chi connectivity index (χ0v) is 21.2. The topological polar surface area (TPSA) is 21.7 Å². The van der Waals surface area contributed by atoms with Crippen molar-refractivity contribution in [2.24, 2.45) is 5.92 Å². The largest absolute Gasteiger partial charge is 0.416 e. The maximum absolute atomic E-state index is 14.2. The molecule has 0 bridgehead atoms. The summed E-state index contributed by atoms with van der Waals surface area (Å²) in [5.41, 5.74) is -2.83. The Bertz CT molecular complexity index is 1070. The van der Waals surface area contributed by atoms with Crippen molar-refractivity contribution < 1.29 is 44.6 Å². The average Bonchev–Trinajstić information content (AvgIpc) is 2.85. The van der Waals surface area contributed by atoms with Gasteiger partial charge in [0.25, 0.3) is 0 Å². The zero-order valence-electron chi connectivity index (χ0n) is 20.4. The molecule has 4 rings (SSSR count). The Hall–Kier alpha value is -1.89. The van der Waals surface area contributed by atoms with E-state index in [2.05, 4.69) is 4.90 Å². The number of ether oxygens (including phenoxy) is 2. The van der Waals surface area contributed by atoms with Crippen LogP contribution in [0.1, 0.15) is 47.6 Å². The number of benzene rings is 2. The van der Waals surface area contributed by atoms with E-state index in [9.17, 15) is 35.1 Å². The van der Waals surface area contributed by atoms with E-state index in [0.717, 1.165) is 36.7 Å². The number of hydrogen-bond acceptors (Lipinski definition) is 4. The molecule has 0 spiro atoms. The summed E-state index contributed by atoms with van der Waals surface area (Å²) in [5.74, 6) is -0.949. The molecule has 0 saturated carbocycles. The lowest BCUT2D eigenvalue weighted by Crippen LogP contribution is -2.44. The second kappa shape index (κ2) is 11.7. The standard InChI is InChI=1S/C26H27F8NO2S/c1-15(18-10-19(25(29,30)31)13-20(11-18)26(32,33)34)37-24-23(16-2-3-21(27)22(28)12-16)17(4-7-36-24)14-35-5-8-38-9-6-35/h2-3,10-13,15,17,23-24H,4-9,14H2,1H3/t15-,17+,23+,24-/m1/s1. The Morgan fingerprint density at radius 2 is 1.58 bits per heavy atom. The molecular formula is C26H27F8NO2S. The van der Waals surface area contributed by atoms with Crippen molar-refractivity contribution in [3.63, 3.8) is 0 Å². The number of rotatable bonds is 6. The highest BCUT2D eigenvalue weighted by Gasteiger charge is 2.40. The van der Waals surface area contributed by atoms with Crippen molar-refractivity contribution in [2.45, 2.75) is 44.0 Å². The van der Waals surface area contributed by atoms with Gasteiger partial charge in [-0.05, 0) is 60.7 Å². The van der Waals surface area contributed by atoms with Gasteiger partial charge in [0.1, 0.15) is 0 Å². The molecule has 2 aromatic rings. The van der Waals surface area contributed by atoms with Crippen molar-refractivity contribution in [1.82, 2.24) is 4.90 Å². The third-order valence-electron chi connectivity index (χ3n) is 6.91. The van der Waals surface area contributed by atoms with Crippen LogP contribution in [-0.4, -0.2) is 48.9 Å². The molecule has 0 aromatic heterocycles. The Morgan fingerprint density at radius 3 is 2.16 bits per heavy atom. The average molecular weight is 570 g/mol. The normalized spacial score (nSPS) is 24.4. The molecule has 0 radical (unpaired) electrons. The van der Waals surface area contributed by atoms with Crippen LogP contribution in [-0.2, 0) is 21.8 Å². The van der Waals surface area contributed by atoms with Gasteiger partial charge in [0.15, 0.2) is 17.9 Å². The molecule has 38 heavy (non-hydrogen) atoms. The van der Waals surface area contributed by atoms with Gasteiger partial charge in [-0.25, -0.2) is 8.78 Å². The lowest BCUT2D eigenvalue weighted by atomic mass is 9.81. The molecule has 210 valence electrons. The van der Waals surface area contributed by atoms with Crippen LogP contribution < -0.4 is 0 Å². The van der Waals surface area contributed by atoms with Crippen LogP contribution in [0.5, 0.6) is 0 Å². The number of nitrogens with zero attached hydrogens (tertiary/aromatic N) is 1. The van der Waals surface area contributed by atoms with Crippen LogP contribution in [0, 0.1) is 17.6 Å². The second-order valence-electron chi connectivity index (χ2n) is 9.52. The Morgan fingerprint density at radius 1 is 0.947 bits per heavy atom. The fourth-order valence-electron chi connectivity index (χ4n) is 4.93. The molecule has 0 aliphatic carbocycles. The van der Waals surface area contributed by atoms with Gasteiger partial charge in [-0.2, -0.15) is 38.1 Å². The van der Waals surface area contributed by atoms with Crippen LogP contribution in [0.3, 0.4) is 0 Å². The van der Waals surface area contributed by atoms with Gasteiger partial charge in [0.05, 0.1) is 23.8 Å². The molecule has 0 N–H and O–H groups in total. The molecule has 2 heterocycles. The summed E-state index contributed by atoms with van der Waals surface area (Å²) in [7, 11) is 0. The van der Waals surface area contributed by atoms with E-state index in [1.807, 2.05) is 11.8 Å². The molecule has 0 amide bonds. The summed E-state index contributed by atoms with van der Waals surface area (Å²) in [6, 6.07) is 4.74. The summed E-state index contributed by atoms with van der Waals surface area (Å²) in [6.45, 7) is 3.88. The minimum Gasteiger partial charge on any atom is -0.352 e. The highest BCUT2D eigenvalue weighted by atomic mass is 32.2. The van der Waals surface area contributed by atoms with E-state index >= 15 is 0 Å². The predicted octanol–water partition coefficient (Wildman–Crippen LogP) is 7.28. The van der Waals surface area contributed by atoms with Gasteiger partial charge in [0, 0.05) is 37.1 Å². The second-order valence-corrected chi connectivity index (χ2v) is 10.7. The fourth-order valence-corrected chi connectivity index (χ4v) is 5.91. The molecule has 3 nitrogen and oxygen atoms in total. The number of halogens is 8. The molecule has 12 heteroatoms. The first-order valence-electron chi connectivity index (χ1n) is 12.1. The van der Waals surface area contributed by atoms with Crippen molar-refractivity contribution in [3.05, 3.63) is 70.3 Å². The van der Waals surface area contributed by atoms with Crippen molar-refractivity contribution in [1.29, 1.82) is 0 Å². The SMILES string of the molecule is C[C@@H](O[C@H]1OCC[C@@H](CN2CCSCC2)[C@@H]1c1ccc(F)c(F)c1)c1cc(C(F)(F)F)cc(C(F)(F)F)c1. The molecule has 2 aliphatic heterocycles. The smallest absolute Gasteiger partial charge is 0.352 e. The fraction of sp³-hybridized carbons (Fsp3) is 0.538. The summed E-state index contributed by atoms with van der Waals surface area (Å²) in [6.07, 6.45) is -11.7. The van der Waals surface area contributed by atoms with Gasteiger partial charge >= 0.3 is 12.4 Å². The molecule has 2 aromatic carbocycles. The predicted molar refractivity (Wildman–Crippen MR) is 127 cm³/mol. The quantitative estimate of drug-likeness (QED) is 0.341. The monoisotopic (exact) mass is 569 g/mol. The minimum atomic E-state index is -5.00. The highest BCUT2D eigenvalue weighted by molar-refractivity contribution is 7.99. The lowest BCUT2D eigenvalue weighted by molar-refractivity contribution is -0.210. The summed E-state index contributed by atoms with van der Waals surface area (Å²) in [4.78, 5) is 2.25. The first-order valence-corrected chi connectivity index (χ1v) is 13.3. The third kappa shape index (κ3) is 7.00. The van der Waals surface area contributed by atoms with E-state index in [0.29, 0.717) is 30.7 Å². The molecule has 2 fully saturated rings. The minimum absolute atomic E-state index is 0.0599. The molecule has 2 aliphatic rings. The van der Waals surface area contributed by atoms with Crippen molar-refractivity contribution >= 4 is 11.8 Å². The van der Waals surface area contributed by atoms with E-state index in [1.54, 1.807) is 0 Å². The van der Waals surface area contributed by atoms with Gasteiger partial charge in [-0.15, -0.1) is 0 Å². The Balaban J connectivity index is 1.65. The van der Waals surface area contributed by atoms with Gasteiger partial charge in [-0.3, -0.25) is 0 Å². The summed E-state index contributed by atoms with van der Waals surface area (Å²) in [5, 5.41) is 0. The van der Waals surface area contributed by atoms with Crippen molar-refractivity contribution in [3.8, 4) is 0 Å². The third-order valence-corrected chi connectivity index (χ3v) is 7.86. The number of thioether (sulfide) groups is 1. The summed E-state index contributed by atoms with van der Waals surface area (Å²) < 4.78 is 120. The first-order chi connectivity index (χ1) is 17.8. The first kappa shape index (κ1) is 29.1. The maximum atomic E-state index is 14.2. The number of alkyl halides is 6. The van der Waals surface area contributed by atoms with E-state index < -0.39 is 53.4 Å². The van der Waals surface area contributed by atoms with E-state index in [4.69, 9.17) is 9.47 Å². The lowest BCUT2D eigenvalue weighted by Gasteiger charge is -2.42. The summed E-state index contributed by atoms with van der Waals surface area (Å²) >= 11 is 1.83. The van der Waals surface area contributed by atoms with Crippen LogP contribution in [0.4, 0.5) is 35.1 Å². The molecule has 0 unspecified atom stereocenters. The van der Waals surface area contributed by atoms with Crippen LogP contribution in [0.15, 0.2) is 36.4 Å². The highest BCUT2D eigenvalue weighted by Crippen LogP contribution is 2.42. The Labute approximate surface area is 219 Å². The van der Waals surface area contributed by atoms with Crippen LogP contribution in [0.2, 0.25) is 0 Å². The maximum Gasteiger partial charge on any atom is 0.416 e. The zero-order chi connectivity index (χ0) is 27.7. The van der Waals surface area contributed by atoms with E-state index in [1.165, 1.54) is 13.0 Å². The molecule has 4 atom stereocenters. The molecular weight excluding hydrogens is 542 g/mol.